The predicted octanol–water partition coefficient (Wildman–Crippen LogP) is 3.43. The number of hydrogen-bond donors (Lipinski definition) is 1. The van der Waals surface area contributed by atoms with Gasteiger partial charge in [0.15, 0.2) is 6.61 Å². The van der Waals surface area contributed by atoms with Crippen molar-refractivity contribution < 1.29 is 19.0 Å². The summed E-state index contributed by atoms with van der Waals surface area (Å²) >= 11 is 0. The van der Waals surface area contributed by atoms with E-state index in [-0.39, 0.29) is 12.5 Å². The van der Waals surface area contributed by atoms with Gasteiger partial charge in [0.25, 0.3) is 5.91 Å². The van der Waals surface area contributed by atoms with Crippen molar-refractivity contribution in [3.05, 3.63) is 54.1 Å². The molecular formula is C19H23NO4. The molecule has 24 heavy (non-hydrogen) atoms. The highest BCUT2D eigenvalue weighted by molar-refractivity contribution is 5.93. The largest absolute Gasteiger partial charge is 0.489 e. The van der Waals surface area contributed by atoms with Gasteiger partial charge in [-0.2, -0.15) is 0 Å². The lowest BCUT2D eigenvalue weighted by molar-refractivity contribution is -0.118. The zero-order chi connectivity index (χ0) is 17.2. The number of carbonyl (C=O) groups is 1. The number of anilines is 1. The van der Waals surface area contributed by atoms with Gasteiger partial charge in [-0.05, 0) is 37.6 Å². The lowest BCUT2D eigenvalue weighted by Crippen LogP contribution is -2.21. The van der Waals surface area contributed by atoms with Crippen molar-refractivity contribution in [3.63, 3.8) is 0 Å². The minimum Gasteiger partial charge on any atom is -0.489 e. The number of hydrogen-bond acceptors (Lipinski definition) is 4. The Balaban J connectivity index is 1.88. The fourth-order valence-electron chi connectivity index (χ4n) is 2.10. The van der Waals surface area contributed by atoms with Crippen LogP contribution in [0.1, 0.15) is 12.5 Å². The van der Waals surface area contributed by atoms with Crippen LogP contribution < -0.4 is 14.8 Å². The van der Waals surface area contributed by atoms with Crippen LogP contribution in [0, 0.1) is 6.92 Å². The number of rotatable bonds is 9. The third-order valence-electron chi connectivity index (χ3n) is 3.30. The lowest BCUT2D eigenvalue weighted by atomic mass is 10.2. The highest BCUT2D eigenvalue weighted by Crippen LogP contribution is 2.23. The molecular weight excluding hydrogens is 306 g/mol. The molecule has 0 saturated heterocycles. The van der Waals surface area contributed by atoms with Crippen LogP contribution in [0.25, 0.3) is 0 Å². The van der Waals surface area contributed by atoms with Crippen molar-refractivity contribution >= 4 is 11.6 Å². The summed E-state index contributed by atoms with van der Waals surface area (Å²) in [4.78, 5) is 12.1. The standard InChI is InChI=1S/C19H23NO4/c1-3-22-12-13-23-18-11-7-5-9-16(18)20-19(21)14-24-17-10-6-4-8-15(17)2/h4-11H,3,12-14H2,1-2H3,(H,20,21). The summed E-state index contributed by atoms with van der Waals surface area (Å²) in [5.41, 5.74) is 1.61. The first-order valence-corrected chi connectivity index (χ1v) is 7.98. The molecule has 5 heteroatoms. The van der Waals surface area contributed by atoms with Crippen LogP contribution in [-0.4, -0.2) is 32.3 Å². The smallest absolute Gasteiger partial charge is 0.262 e. The number of para-hydroxylation sites is 3. The van der Waals surface area contributed by atoms with E-state index < -0.39 is 0 Å². The highest BCUT2D eigenvalue weighted by Gasteiger charge is 2.09. The first kappa shape index (κ1) is 17.8. The number of ether oxygens (including phenoxy) is 3. The monoisotopic (exact) mass is 329 g/mol. The number of amides is 1. The summed E-state index contributed by atoms with van der Waals surface area (Å²) in [6.07, 6.45) is 0. The lowest BCUT2D eigenvalue weighted by Gasteiger charge is -2.13. The van der Waals surface area contributed by atoms with E-state index in [0.717, 1.165) is 5.56 Å². The fourth-order valence-corrected chi connectivity index (χ4v) is 2.10. The maximum Gasteiger partial charge on any atom is 0.262 e. The Morgan fingerprint density at radius 2 is 1.67 bits per heavy atom. The SMILES string of the molecule is CCOCCOc1ccccc1NC(=O)COc1ccccc1C. The molecule has 128 valence electrons. The number of carbonyl (C=O) groups excluding carboxylic acids is 1. The maximum atomic E-state index is 12.1. The van der Waals surface area contributed by atoms with Gasteiger partial charge in [-0.1, -0.05) is 30.3 Å². The molecule has 2 rings (SSSR count). The fraction of sp³-hybridized carbons (Fsp3) is 0.316. The Morgan fingerprint density at radius 3 is 2.42 bits per heavy atom. The summed E-state index contributed by atoms with van der Waals surface area (Å²) < 4.78 is 16.4. The minimum atomic E-state index is -0.237. The average Bonchev–Trinajstić information content (AvgIpc) is 2.59. The van der Waals surface area contributed by atoms with Gasteiger partial charge in [0.05, 0.1) is 12.3 Å². The average molecular weight is 329 g/mol. The number of aryl methyl sites for hydroxylation is 1. The van der Waals surface area contributed by atoms with E-state index in [1.54, 1.807) is 6.07 Å². The molecule has 0 saturated carbocycles. The molecule has 0 atom stereocenters. The normalized spacial score (nSPS) is 10.2. The van der Waals surface area contributed by atoms with E-state index in [4.69, 9.17) is 14.2 Å². The molecule has 2 aromatic rings. The highest BCUT2D eigenvalue weighted by atomic mass is 16.5. The van der Waals surface area contributed by atoms with Crippen molar-refractivity contribution in [2.75, 3.05) is 31.7 Å². The van der Waals surface area contributed by atoms with E-state index in [2.05, 4.69) is 5.32 Å². The van der Waals surface area contributed by atoms with Crippen molar-refractivity contribution in [2.24, 2.45) is 0 Å². The number of benzene rings is 2. The Bertz CT molecular complexity index is 657. The molecule has 0 unspecified atom stereocenters. The van der Waals surface area contributed by atoms with E-state index in [1.807, 2.05) is 56.3 Å². The van der Waals surface area contributed by atoms with Gasteiger partial charge in [-0.25, -0.2) is 0 Å². The Kier molecular flexibility index (Phi) is 7.11. The van der Waals surface area contributed by atoms with E-state index in [0.29, 0.717) is 37.0 Å². The summed E-state index contributed by atoms with van der Waals surface area (Å²) in [6, 6.07) is 14.9. The van der Waals surface area contributed by atoms with Crippen molar-refractivity contribution in [1.29, 1.82) is 0 Å². The molecule has 2 aromatic carbocycles. The van der Waals surface area contributed by atoms with Gasteiger partial charge in [0.1, 0.15) is 18.1 Å². The molecule has 1 N–H and O–H groups in total. The van der Waals surface area contributed by atoms with Crippen LogP contribution in [-0.2, 0) is 9.53 Å². The first-order valence-electron chi connectivity index (χ1n) is 7.98. The second kappa shape index (κ2) is 9.57. The molecule has 0 radical (unpaired) electrons. The molecule has 0 aliphatic heterocycles. The molecule has 0 aromatic heterocycles. The molecule has 0 spiro atoms. The van der Waals surface area contributed by atoms with Gasteiger partial charge < -0.3 is 19.5 Å². The molecule has 5 nitrogen and oxygen atoms in total. The van der Waals surface area contributed by atoms with E-state index >= 15 is 0 Å². The summed E-state index contributed by atoms with van der Waals surface area (Å²) in [5.74, 6) is 1.08. The van der Waals surface area contributed by atoms with Crippen LogP contribution in [0.2, 0.25) is 0 Å². The predicted molar refractivity (Wildman–Crippen MR) is 93.7 cm³/mol. The number of nitrogens with one attached hydrogen (secondary N) is 1. The topological polar surface area (TPSA) is 56.8 Å². The van der Waals surface area contributed by atoms with Gasteiger partial charge in [-0.15, -0.1) is 0 Å². The van der Waals surface area contributed by atoms with Gasteiger partial charge in [0.2, 0.25) is 0 Å². The quantitative estimate of drug-likeness (QED) is 0.716. The molecule has 0 aliphatic rings. The summed E-state index contributed by atoms with van der Waals surface area (Å²) in [5, 5.41) is 2.81. The Labute approximate surface area is 142 Å². The van der Waals surface area contributed by atoms with Crippen molar-refractivity contribution in [3.8, 4) is 11.5 Å². The second-order valence-corrected chi connectivity index (χ2v) is 5.14. The van der Waals surface area contributed by atoms with Crippen LogP contribution in [0.15, 0.2) is 48.5 Å². The minimum absolute atomic E-state index is 0.0574. The van der Waals surface area contributed by atoms with Gasteiger partial charge >= 0.3 is 0 Å². The zero-order valence-corrected chi connectivity index (χ0v) is 14.1. The molecule has 1 amide bonds. The zero-order valence-electron chi connectivity index (χ0n) is 14.1. The van der Waals surface area contributed by atoms with Crippen LogP contribution in [0.5, 0.6) is 11.5 Å². The van der Waals surface area contributed by atoms with Gasteiger partial charge in [0, 0.05) is 6.61 Å². The Hall–Kier alpha value is -2.53. The van der Waals surface area contributed by atoms with E-state index in [9.17, 15) is 4.79 Å². The van der Waals surface area contributed by atoms with Crippen LogP contribution >= 0.6 is 0 Å². The maximum absolute atomic E-state index is 12.1. The van der Waals surface area contributed by atoms with Crippen LogP contribution in [0.3, 0.4) is 0 Å². The third-order valence-corrected chi connectivity index (χ3v) is 3.30. The van der Waals surface area contributed by atoms with Crippen molar-refractivity contribution in [1.82, 2.24) is 0 Å². The Morgan fingerprint density at radius 1 is 0.958 bits per heavy atom. The molecule has 0 aliphatic carbocycles. The first-order chi connectivity index (χ1) is 11.7. The third kappa shape index (κ3) is 5.59. The summed E-state index contributed by atoms with van der Waals surface area (Å²) in [6.45, 7) is 5.41. The summed E-state index contributed by atoms with van der Waals surface area (Å²) in [7, 11) is 0. The molecule has 0 fully saturated rings. The molecule has 0 bridgehead atoms. The molecule has 0 heterocycles. The van der Waals surface area contributed by atoms with Crippen LogP contribution in [0.4, 0.5) is 5.69 Å². The second-order valence-electron chi connectivity index (χ2n) is 5.14. The van der Waals surface area contributed by atoms with Crippen molar-refractivity contribution in [2.45, 2.75) is 13.8 Å². The van der Waals surface area contributed by atoms with Gasteiger partial charge in [-0.3, -0.25) is 4.79 Å². The van der Waals surface area contributed by atoms with E-state index in [1.165, 1.54) is 0 Å².